The van der Waals surface area contributed by atoms with Crippen LogP contribution in [0, 0.1) is 0 Å². The predicted molar refractivity (Wildman–Crippen MR) is 39.1 cm³/mol. The van der Waals surface area contributed by atoms with Crippen LogP contribution in [0.25, 0.3) is 0 Å². The molecule has 0 aliphatic carbocycles. The Balaban J connectivity index is 0. The minimum absolute atomic E-state index is 0.627. The number of aliphatic carboxylic acids is 1. The van der Waals surface area contributed by atoms with Crippen molar-refractivity contribution in [1.29, 1.82) is 0 Å². The summed E-state index contributed by atoms with van der Waals surface area (Å²) >= 11 is 0. The van der Waals surface area contributed by atoms with Crippen LogP contribution in [0.5, 0.6) is 0 Å². The summed E-state index contributed by atoms with van der Waals surface area (Å²) in [5, 5.41) is 18.3. The van der Waals surface area contributed by atoms with E-state index in [1.165, 1.54) is 0 Å². The fourth-order valence-corrected chi connectivity index (χ4v) is 0.465. The van der Waals surface area contributed by atoms with Gasteiger partial charge in [-0.05, 0) is 20.3 Å². The quantitative estimate of drug-likeness (QED) is 0.495. The highest BCUT2D eigenvalue weighted by Gasteiger charge is 1.93. The lowest BCUT2D eigenvalue weighted by atomic mass is 10.5. The summed E-state index contributed by atoms with van der Waals surface area (Å²) in [7, 11) is 0. The maximum absolute atomic E-state index is 8.89. The Morgan fingerprint density at radius 1 is 1.55 bits per heavy atom. The van der Waals surface area contributed by atoms with E-state index in [0.29, 0.717) is 5.06 Å². The fourth-order valence-electron chi connectivity index (χ4n) is 0.465. The van der Waals surface area contributed by atoms with E-state index < -0.39 is 5.97 Å². The van der Waals surface area contributed by atoms with Gasteiger partial charge in [0.2, 0.25) is 0 Å². The summed E-state index contributed by atoms with van der Waals surface area (Å²) in [4.78, 5) is 8.89. The molecule has 0 bridgehead atoms. The number of carbonyl (C=O) groups excluding carboxylic acids is 1. The highest BCUT2D eigenvalue weighted by atomic mass is 16.5. The van der Waals surface area contributed by atoms with Gasteiger partial charge in [0.25, 0.3) is 0 Å². The maximum atomic E-state index is 8.89. The van der Waals surface area contributed by atoms with Crippen molar-refractivity contribution in [3.8, 4) is 0 Å². The Kier molecular flexibility index (Phi) is 11.1. The molecule has 0 saturated carbocycles. The van der Waals surface area contributed by atoms with Gasteiger partial charge in [-0.1, -0.05) is 6.92 Å². The van der Waals surface area contributed by atoms with Gasteiger partial charge >= 0.3 is 0 Å². The molecule has 0 aliphatic rings. The largest absolute Gasteiger partial charge is 0.550 e. The molecule has 0 aliphatic heterocycles. The van der Waals surface area contributed by atoms with Crippen molar-refractivity contribution in [2.24, 2.45) is 0 Å². The number of quaternary nitrogens is 1. The van der Waals surface area contributed by atoms with Gasteiger partial charge in [-0.3, -0.25) is 0 Å². The zero-order chi connectivity index (χ0) is 9.28. The van der Waals surface area contributed by atoms with Crippen LogP contribution in [0.15, 0.2) is 0 Å². The van der Waals surface area contributed by atoms with E-state index in [-0.39, 0.29) is 0 Å². The second-order valence-corrected chi connectivity index (χ2v) is 2.16. The molecule has 4 heteroatoms. The third-order valence-corrected chi connectivity index (χ3v) is 0.947. The van der Waals surface area contributed by atoms with Crippen molar-refractivity contribution in [2.45, 2.75) is 27.2 Å². The van der Waals surface area contributed by atoms with E-state index in [4.69, 9.17) is 15.1 Å². The van der Waals surface area contributed by atoms with E-state index >= 15 is 0 Å². The molecule has 0 aromatic carbocycles. The lowest BCUT2D eigenvalue weighted by molar-refractivity contribution is -1.09. The molecule has 1 atom stereocenters. The number of carbonyl (C=O) groups is 1. The number of hydrogen-bond acceptors (Lipinski definition) is 3. The molecule has 0 fully saturated rings. The number of nitrogens with one attached hydrogen (secondary N) is 1. The number of carboxylic acid groups (broad SMARTS) is 1. The van der Waals surface area contributed by atoms with Crippen molar-refractivity contribution in [1.82, 2.24) is 0 Å². The Hall–Kier alpha value is -0.610. The van der Waals surface area contributed by atoms with Crippen molar-refractivity contribution in [3.05, 3.63) is 0 Å². The summed E-state index contributed by atoms with van der Waals surface area (Å²) in [6.45, 7) is 6.68. The molecule has 0 radical (unpaired) electrons. The zero-order valence-corrected chi connectivity index (χ0v) is 7.39. The molecule has 0 aromatic heterocycles. The maximum Gasteiger partial charge on any atom is 0.107 e. The monoisotopic (exact) mass is 163 g/mol. The molecular formula is C7H17NO3. The average molecular weight is 163 g/mol. The van der Waals surface area contributed by atoms with E-state index in [1.54, 1.807) is 0 Å². The molecule has 0 aromatic rings. The van der Waals surface area contributed by atoms with E-state index in [0.717, 1.165) is 26.4 Å². The first-order valence-electron chi connectivity index (χ1n) is 3.75. The lowest BCUT2D eigenvalue weighted by Crippen LogP contribution is -3.09. The van der Waals surface area contributed by atoms with E-state index in [1.807, 2.05) is 6.92 Å². The van der Waals surface area contributed by atoms with Gasteiger partial charge in [0.1, 0.15) is 13.1 Å². The molecule has 0 rings (SSSR count). The summed E-state index contributed by atoms with van der Waals surface area (Å²) in [6.07, 6.45) is 1.06. The van der Waals surface area contributed by atoms with Crippen molar-refractivity contribution >= 4 is 5.97 Å². The predicted octanol–water partition coefficient (Wildman–Crippen LogP) is -1.55. The van der Waals surface area contributed by atoms with Gasteiger partial charge in [0.15, 0.2) is 0 Å². The van der Waals surface area contributed by atoms with Crippen molar-refractivity contribution in [3.63, 3.8) is 0 Å². The standard InChI is InChI=1S/C5H13NO.C2H4O2/c1-3-5-6(7)4-2;1-2(3)4/h7H,3-5H2,1-2H3;1H3,(H,3,4). The van der Waals surface area contributed by atoms with Crippen LogP contribution in [-0.2, 0) is 4.79 Å². The van der Waals surface area contributed by atoms with Crippen molar-refractivity contribution in [2.75, 3.05) is 13.1 Å². The summed E-state index contributed by atoms with van der Waals surface area (Å²) in [6, 6.07) is 0. The average Bonchev–Trinajstić information content (AvgIpc) is 1.87. The van der Waals surface area contributed by atoms with Gasteiger partial charge in [0.05, 0.1) is 0 Å². The summed E-state index contributed by atoms with van der Waals surface area (Å²) in [5.74, 6) is -1.08. The van der Waals surface area contributed by atoms with Crippen LogP contribution in [0.2, 0.25) is 0 Å². The highest BCUT2D eigenvalue weighted by Crippen LogP contribution is 1.59. The highest BCUT2D eigenvalue weighted by molar-refractivity contribution is 5.60. The number of hydroxylamine groups is 2. The fraction of sp³-hybridized carbons (Fsp3) is 0.857. The third-order valence-electron chi connectivity index (χ3n) is 0.947. The first-order valence-corrected chi connectivity index (χ1v) is 3.75. The van der Waals surface area contributed by atoms with E-state index in [2.05, 4.69) is 6.92 Å². The smallest absolute Gasteiger partial charge is 0.107 e. The molecule has 11 heavy (non-hydrogen) atoms. The topological polar surface area (TPSA) is 64.8 Å². The second-order valence-electron chi connectivity index (χ2n) is 2.16. The molecule has 1 unspecified atom stereocenters. The zero-order valence-electron chi connectivity index (χ0n) is 7.39. The number of carboxylic acids is 1. The van der Waals surface area contributed by atoms with Crippen LogP contribution in [0.4, 0.5) is 0 Å². The number of hydrogen-bond donors (Lipinski definition) is 2. The Morgan fingerprint density at radius 3 is 2.00 bits per heavy atom. The van der Waals surface area contributed by atoms with Crippen LogP contribution in [-0.4, -0.2) is 24.3 Å². The van der Waals surface area contributed by atoms with Gasteiger partial charge < -0.3 is 9.90 Å². The molecule has 0 heterocycles. The van der Waals surface area contributed by atoms with Gasteiger partial charge in [-0.15, -0.1) is 0 Å². The van der Waals surface area contributed by atoms with Crippen LogP contribution < -0.4 is 10.2 Å². The first kappa shape index (κ1) is 13.0. The molecule has 0 spiro atoms. The third kappa shape index (κ3) is 26.6. The van der Waals surface area contributed by atoms with Crippen LogP contribution >= 0.6 is 0 Å². The van der Waals surface area contributed by atoms with Gasteiger partial charge in [-0.2, -0.15) is 5.06 Å². The van der Waals surface area contributed by atoms with Gasteiger partial charge in [-0.25, -0.2) is 5.21 Å². The Morgan fingerprint density at radius 2 is 1.91 bits per heavy atom. The van der Waals surface area contributed by atoms with Gasteiger partial charge in [0, 0.05) is 5.97 Å². The Bertz CT molecular complexity index is 91.7. The molecule has 4 nitrogen and oxygen atoms in total. The summed E-state index contributed by atoms with van der Waals surface area (Å²) < 4.78 is 0. The van der Waals surface area contributed by atoms with Crippen LogP contribution in [0.1, 0.15) is 27.2 Å². The normalized spacial score (nSPS) is 11.3. The SMILES string of the molecule is CC(=O)[O-].CCC[NH+](O)CC. The first-order chi connectivity index (χ1) is 5.04. The minimum atomic E-state index is -1.08. The van der Waals surface area contributed by atoms with Crippen molar-refractivity contribution < 1.29 is 20.2 Å². The lowest BCUT2D eigenvalue weighted by Gasteiger charge is -2.03. The molecule has 2 N–H and O–H groups in total. The molecule has 68 valence electrons. The minimum Gasteiger partial charge on any atom is -0.550 e. The Labute approximate surface area is 67.4 Å². The summed E-state index contributed by atoms with van der Waals surface area (Å²) in [5.41, 5.74) is 0. The molecular weight excluding hydrogens is 146 g/mol. The van der Waals surface area contributed by atoms with E-state index in [9.17, 15) is 0 Å². The molecule has 0 saturated heterocycles. The number of rotatable bonds is 3. The molecule has 0 amide bonds. The van der Waals surface area contributed by atoms with Crippen LogP contribution in [0.3, 0.4) is 0 Å². The second kappa shape index (κ2) is 9.39.